The lowest BCUT2D eigenvalue weighted by Gasteiger charge is -2.23. The molecule has 0 saturated carbocycles. The van der Waals surface area contributed by atoms with Crippen LogP contribution in [0.4, 0.5) is 0 Å². The van der Waals surface area contributed by atoms with E-state index in [1.165, 1.54) is 16.1 Å². The fourth-order valence-electron chi connectivity index (χ4n) is 2.14. The van der Waals surface area contributed by atoms with Gasteiger partial charge in [0.25, 0.3) is 0 Å². The van der Waals surface area contributed by atoms with Crippen LogP contribution < -0.4 is 5.32 Å². The molecule has 0 aromatic carbocycles. The molecule has 0 atom stereocenters. The fraction of sp³-hybridized carbons (Fsp3) is 0.615. The summed E-state index contributed by atoms with van der Waals surface area (Å²) in [6.07, 6.45) is 6.76. The van der Waals surface area contributed by atoms with E-state index < -0.39 is 10.0 Å². The average molecular weight is 298 g/mol. The van der Waals surface area contributed by atoms with Crippen molar-refractivity contribution in [1.29, 1.82) is 0 Å². The number of hydrogen-bond donors (Lipinski definition) is 1. The normalized spacial score (nSPS) is 17.2. The van der Waals surface area contributed by atoms with Gasteiger partial charge in [-0.05, 0) is 33.4 Å². The Morgan fingerprint density at radius 2 is 2.25 bits per heavy atom. The minimum atomic E-state index is -3.41. The molecule has 112 valence electrons. The summed E-state index contributed by atoms with van der Waals surface area (Å²) in [5.74, 6) is 0. The maximum Gasteiger partial charge on any atom is 0.246 e. The van der Waals surface area contributed by atoms with E-state index in [1.807, 2.05) is 20.0 Å². The highest BCUT2D eigenvalue weighted by Gasteiger charge is 2.26. The van der Waals surface area contributed by atoms with E-state index in [0.717, 1.165) is 25.9 Å². The van der Waals surface area contributed by atoms with Crippen molar-refractivity contribution in [2.75, 3.05) is 26.7 Å². The Kier molecular flexibility index (Phi) is 4.95. The number of aryl methyl sites for hydroxylation is 1. The predicted molar refractivity (Wildman–Crippen MR) is 77.9 cm³/mol. The van der Waals surface area contributed by atoms with Crippen molar-refractivity contribution in [3.63, 3.8) is 0 Å². The first-order valence-corrected chi connectivity index (χ1v) is 8.31. The van der Waals surface area contributed by atoms with Crippen LogP contribution in [0.2, 0.25) is 0 Å². The summed E-state index contributed by atoms with van der Waals surface area (Å²) in [5, 5.41) is 7.19. The topological polar surface area (TPSA) is 67.2 Å². The summed E-state index contributed by atoms with van der Waals surface area (Å²) in [6, 6.07) is 0. The smallest absolute Gasteiger partial charge is 0.246 e. The Bertz CT molecular complexity index is 577. The first-order valence-electron chi connectivity index (χ1n) is 6.87. The molecule has 1 aliphatic heterocycles. The van der Waals surface area contributed by atoms with E-state index in [1.54, 1.807) is 10.9 Å². The lowest BCUT2D eigenvalue weighted by molar-refractivity contribution is 0.431. The molecule has 1 aliphatic rings. The van der Waals surface area contributed by atoms with E-state index in [-0.39, 0.29) is 4.90 Å². The van der Waals surface area contributed by atoms with E-state index >= 15 is 0 Å². The average Bonchev–Trinajstić information content (AvgIpc) is 2.89. The highest BCUT2D eigenvalue weighted by Crippen LogP contribution is 2.19. The fourth-order valence-corrected chi connectivity index (χ4v) is 3.47. The van der Waals surface area contributed by atoms with Crippen molar-refractivity contribution in [3.8, 4) is 0 Å². The monoisotopic (exact) mass is 298 g/mol. The Labute approximate surface area is 120 Å². The van der Waals surface area contributed by atoms with Gasteiger partial charge in [0.1, 0.15) is 4.90 Å². The number of aromatic nitrogens is 2. The predicted octanol–water partition coefficient (Wildman–Crippen LogP) is 0.833. The lowest BCUT2D eigenvalue weighted by Crippen LogP contribution is -2.34. The maximum atomic E-state index is 12.5. The van der Waals surface area contributed by atoms with E-state index in [0.29, 0.717) is 13.1 Å². The van der Waals surface area contributed by atoms with Gasteiger partial charge in [-0.2, -0.15) is 9.40 Å². The first kappa shape index (κ1) is 15.2. The molecule has 1 aromatic rings. The van der Waals surface area contributed by atoms with Gasteiger partial charge in [0.2, 0.25) is 10.0 Å². The highest BCUT2D eigenvalue weighted by atomic mass is 32.2. The molecule has 7 heteroatoms. The molecule has 2 heterocycles. The molecule has 0 fully saturated rings. The summed E-state index contributed by atoms with van der Waals surface area (Å²) >= 11 is 0. The van der Waals surface area contributed by atoms with Gasteiger partial charge in [0.15, 0.2) is 0 Å². The first-order chi connectivity index (χ1) is 9.54. The van der Waals surface area contributed by atoms with Crippen molar-refractivity contribution in [2.45, 2.75) is 31.2 Å². The van der Waals surface area contributed by atoms with Crippen LogP contribution >= 0.6 is 0 Å². The SMILES string of the molecule is CNCCCn1cc(S(=O)(=O)N2CC=C(C)CC2)cn1. The number of nitrogens with zero attached hydrogens (tertiary/aromatic N) is 3. The third-order valence-corrected chi connectivity index (χ3v) is 5.28. The number of hydrogen-bond acceptors (Lipinski definition) is 4. The minimum Gasteiger partial charge on any atom is -0.320 e. The maximum absolute atomic E-state index is 12.5. The summed E-state index contributed by atoms with van der Waals surface area (Å²) in [6.45, 7) is 4.64. The van der Waals surface area contributed by atoms with Gasteiger partial charge in [0.05, 0.1) is 6.20 Å². The van der Waals surface area contributed by atoms with Crippen molar-refractivity contribution >= 4 is 10.0 Å². The van der Waals surface area contributed by atoms with Crippen molar-refractivity contribution < 1.29 is 8.42 Å². The van der Waals surface area contributed by atoms with Crippen LogP contribution in [-0.4, -0.2) is 49.2 Å². The van der Waals surface area contributed by atoms with Crippen LogP contribution in [0.5, 0.6) is 0 Å². The van der Waals surface area contributed by atoms with Gasteiger partial charge in [-0.15, -0.1) is 0 Å². The summed E-state index contributed by atoms with van der Waals surface area (Å²) in [5.41, 5.74) is 1.25. The van der Waals surface area contributed by atoms with Crippen LogP contribution in [0, 0.1) is 0 Å². The van der Waals surface area contributed by atoms with E-state index in [4.69, 9.17) is 0 Å². The molecule has 6 nitrogen and oxygen atoms in total. The quantitative estimate of drug-likeness (QED) is 0.624. The Morgan fingerprint density at radius 3 is 2.90 bits per heavy atom. The van der Waals surface area contributed by atoms with Crippen LogP contribution in [-0.2, 0) is 16.6 Å². The molecular weight excluding hydrogens is 276 g/mol. The summed E-state index contributed by atoms with van der Waals surface area (Å²) in [7, 11) is -1.51. The van der Waals surface area contributed by atoms with Gasteiger partial charge in [0, 0.05) is 25.8 Å². The molecule has 1 N–H and O–H groups in total. The van der Waals surface area contributed by atoms with Crippen molar-refractivity contribution in [1.82, 2.24) is 19.4 Å². The molecule has 0 aliphatic carbocycles. The molecule has 0 amide bonds. The molecule has 0 bridgehead atoms. The highest BCUT2D eigenvalue weighted by molar-refractivity contribution is 7.89. The van der Waals surface area contributed by atoms with Gasteiger partial charge in [-0.3, -0.25) is 4.68 Å². The van der Waals surface area contributed by atoms with Crippen LogP contribution in [0.25, 0.3) is 0 Å². The van der Waals surface area contributed by atoms with Crippen molar-refractivity contribution in [3.05, 3.63) is 24.0 Å². The van der Waals surface area contributed by atoms with Gasteiger partial charge >= 0.3 is 0 Å². The van der Waals surface area contributed by atoms with Gasteiger partial charge in [-0.1, -0.05) is 11.6 Å². The summed E-state index contributed by atoms with van der Waals surface area (Å²) in [4.78, 5) is 0.287. The number of sulfonamides is 1. The van der Waals surface area contributed by atoms with E-state index in [2.05, 4.69) is 10.4 Å². The molecular formula is C13H22N4O2S. The van der Waals surface area contributed by atoms with Crippen LogP contribution in [0.1, 0.15) is 19.8 Å². The Balaban J connectivity index is 2.06. The molecule has 0 saturated heterocycles. The molecule has 0 radical (unpaired) electrons. The van der Waals surface area contributed by atoms with Crippen molar-refractivity contribution in [2.24, 2.45) is 0 Å². The molecule has 0 spiro atoms. The number of nitrogens with one attached hydrogen (secondary N) is 1. The van der Waals surface area contributed by atoms with Crippen LogP contribution in [0.3, 0.4) is 0 Å². The Morgan fingerprint density at radius 1 is 1.45 bits per heavy atom. The zero-order chi connectivity index (χ0) is 14.6. The summed E-state index contributed by atoms with van der Waals surface area (Å²) < 4.78 is 28.1. The third-order valence-electron chi connectivity index (χ3n) is 3.46. The molecule has 0 unspecified atom stereocenters. The Hall–Kier alpha value is -1.18. The zero-order valence-electron chi connectivity index (χ0n) is 12.0. The standard InChI is InChI=1S/C13H22N4O2S/c1-12-4-8-17(9-5-12)20(18,19)13-10-15-16(11-13)7-3-6-14-2/h4,10-11,14H,3,5-9H2,1-2H3. The second-order valence-corrected chi connectivity index (χ2v) is 7.00. The molecule has 2 rings (SSSR count). The second kappa shape index (κ2) is 6.51. The molecule has 1 aromatic heterocycles. The van der Waals surface area contributed by atoms with Gasteiger partial charge < -0.3 is 5.32 Å². The van der Waals surface area contributed by atoms with E-state index in [9.17, 15) is 8.42 Å². The second-order valence-electron chi connectivity index (χ2n) is 5.06. The lowest BCUT2D eigenvalue weighted by atomic mass is 10.1. The molecule has 20 heavy (non-hydrogen) atoms. The zero-order valence-corrected chi connectivity index (χ0v) is 12.9. The minimum absolute atomic E-state index is 0.287. The van der Waals surface area contributed by atoms with Crippen LogP contribution in [0.15, 0.2) is 28.9 Å². The largest absolute Gasteiger partial charge is 0.320 e. The van der Waals surface area contributed by atoms with Gasteiger partial charge in [-0.25, -0.2) is 8.42 Å². The third kappa shape index (κ3) is 3.47. The number of rotatable bonds is 6.